The SMILES string of the molecule is CC(C)(C)[Si](C)(C)O[C@@H]1[C@H](O)O[C@@H](n2ccc(=O)[nH]c2=O)[C@]1(C)F. The van der Waals surface area contributed by atoms with E-state index in [0.717, 1.165) is 16.8 Å². The number of halogens is 1. The Morgan fingerprint density at radius 1 is 1.42 bits per heavy atom. The molecular weight excluding hydrogens is 335 g/mol. The van der Waals surface area contributed by atoms with Crippen molar-refractivity contribution in [1.82, 2.24) is 9.55 Å². The summed E-state index contributed by atoms with van der Waals surface area (Å²) in [5, 5.41) is 9.99. The predicted octanol–water partition coefficient (Wildman–Crippen LogP) is 1.50. The van der Waals surface area contributed by atoms with Crippen molar-refractivity contribution in [3.8, 4) is 0 Å². The first kappa shape index (κ1) is 19.0. The fraction of sp³-hybridized carbons (Fsp3) is 0.733. The van der Waals surface area contributed by atoms with E-state index >= 15 is 4.39 Å². The van der Waals surface area contributed by atoms with Crippen LogP contribution in [0.2, 0.25) is 18.1 Å². The average Bonchev–Trinajstić information content (AvgIpc) is 2.61. The molecule has 0 bridgehead atoms. The van der Waals surface area contributed by atoms with E-state index in [0.29, 0.717) is 0 Å². The number of ether oxygens (including phenoxy) is 1. The molecule has 0 radical (unpaired) electrons. The van der Waals surface area contributed by atoms with Crippen molar-refractivity contribution in [2.24, 2.45) is 0 Å². The number of aromatic nitrogens is 2. The van der Waals surface area contributed by atoms with Crippen LogP contribution in [0.4, 0.5) is 4.39 Å². The maximum Gasteiger partial charge on any atom is 0.330 e. The Labute approximate surface area is 140 Å². The lowest BCUT2D eigenvalue weighted by Gasteiger charge is -2.40. The van der Waals surface area contributed by atoms with Gasteiger partial charge in [0.2, 0.25) is 0 Å². The molecule has 2 rings (SSSR count). The molecule has 7 nitrogen and oxygen atoms in total. The van der Waals surface area contributed by atoms with E-state index < -0.39 is 43.9 Å². The molecule has 0 aliphatic carbocycles. The largest absolute Gasteiger partial charge is 0.406 e. The Kier molecular flexibility index (Phi) is 4.68. The fourth-order valence-electron chi connectivity index (χ4n) is 2.37. The zero-order valence-corrected chi connectivity index (χ0v) is 15.8. The van der Waals surface area contributed by atoms with Crippen LogP contribution in [0.5, 0.6) is 0 Å². The smallest absolute Gasteiger partial charge is 0.330 e. The molecule has 1 fully saturated rings. The fourth-order valence-corrected chi connectivity index (χ4v) is 3.71. The van der Waals surface area contributed by atoms with E-state index in [1.54, 1.807) is 0 Å². The van der Waals surface area contributed by atoms with Crippen LogP contribution in [0, 0.1) is 0 Å². The van der Waals surface area contributed by atoms with Crippen molar-refractivity contribution < 1.29 is 18.7 Å². The van der Waals surface area contributed by atoms with Gasteiger partial charge in [0.15, 0.2) is 26.5 Å². The molecule has 2 N–H and O–H groups in total. The summed E-state index contributed by atoms with van der Waals surface area (Å²) in [6.07, 6.45) is -3.00. The third-order valence-corrected chi connectivity index (χ3v) is 9.35. The van der Waals surface area contributed by atoms with Crippen molar-refractivity contribution >= 4 is 8.32 Å². The van der Waals surface area contributed by atoms with Gasteiger partial charge in [-0.2, -0.15) is 0 Å². The van der Waals surface area contributed by atoms with Gasteiger partial charge in [0.25, 0.3) is 5.56 Å². The number of H-pyrrole nitrogens is 1. The molecule has 0 aromatic carbocycles. The lowest BCUT2D eigenvalue weighted by molar-refractivity contribution is -0.140. The number of aliphatic hydroxyl groups excluding tert-OH is 1. The van der Waals surface area contributed by atoms with Crippen LogP contribution < -0.4 is 11.2 Å². The third kappa shape index (κ3) is 3.25. The van der Waals surface area contributed by atoms with E-state index in [4.69, 9.17) is 9.16 Å². The molecule has 0 unspecified atom stereocenters. The number of rotatable bonds is 3. The summed E-state index contributed by atoms with van der Waals surface area (Å²) in [4.78, 5) is 25.1. The predicted molar refractivity (Wildman–Crippen MR) is 89.0 cm³/mol. The lowest BCUT2D eigenvalue weighted by Crippen LogP contribution is -2.52. The summed E-state index contributed by atoms with van der Waals surface area (Å²) < 4.78 is 27.6. The monoisotopic (exact) mass is 360 g/mol. The quantitative estimate of drug-likeness (QED) is 0.797. The maximum atomic E-state index is 15.4. The second kappa shape index (κ2) is 5.90. The number of nitrogens with one attached hydrogen (secondary N) is 1. The Morgan fingerprint density at radius 2 is 2.00 bits per heavy atom. The zero-order chi connectivity index (χ0) is 18.5. The molecular formula is C15H25FN2O5Si. The van der Waals surface area contributed by atoms with E-state index in [1.165, 1.54) is 6.92 Å². The van der Waals surface area contributed by atoms with Crippen LogP contribution in [0.1, 0.15) is 33.9 Å². The van der Waals surface area contributed by atoms with Crippen LogP contribution in [-0.2, 0) is 9.16 Å². The molecule has 1 saturated heterocycles. The number of hydrogen-bond acceptors (Lipinski definition) is 5. The number of aromatic amines is 1. The van der Waals surface area contributed by atoms with Crippen molar-refractivity contribution in [2.45, 2.75) is 70.1 Å². The third-order valence-electron chi connectivity index (χ3n) is 4.90. The summed E-state index contributed by atoms with van der Waals surface area (Å²) in [6, 6.07) is 1.09. The van der Waals surface area contributed by atoms with Crippen LogP contribution in [-0.4, -0.2) is 41.0 Å². The van der Waals surface area contributed by atoms with E-state index in [9.17, 15) is 14.7 Å². The first-order chi connectivity index (χ1) is 10.8. The first-order valence-corrected chi connectivity index (χ1v) is 10.7. The van der Waals surface area contributed by atoms with E-state index in [1.807, 2.05) is 38.8 Å². The minimum absolute atomic E-state index is 0.185. The number of aliphatic hydroxyl groups is 1. The Morgan fingerprint density at radius 3 is 2.50 bits per heavy atom. The standard InChI is InChI=1S/C15H25FN2O5Si/c1-14(2,3)24(5,6)23-10-11(20)22-12(15(10,4)16)18-8-7-9(19)17-13(18)21/h7-8,10-12,20H,1-6H3,(H,17,19,21)/t10-,11-,12-,15-/m1/s1. The summed E-state index contributed by atoms with van der Waals surface area (Å²) in [7, 11) is -2.38. The van der Waals surface area contributed by atoms with Crippen molar-refractivity contribution in [1.29, 1.82) is 0 Å². The van der Waals surface area contributed by atoms with Gasteiger partial charge in [-0.15, -0.1) is 0 Å². The van der Waals surface area contributed by atoms with Crippen LogP contribution >= 0.6 is 0 Å². The second-order valence-electron chi connectivity index (χ2n) is 7.85. The second-order valence-corrected chi connectivity index (χ2v) is 12.6. The molecule has 1 aromatic rings. The van der Waals surface area contributed by atoms with Crippen LogP contribution in [0.25, 0.3) is 0 Å². The van der Waals surface area contributed by atoms with Crippen LogP contribution in [0.15, 0.2) is 21.9 Å². The minimum Gasteiger partial charge on any atom is -0.406 e. The molecule has 9 heteroatoms. The highest BCUT2D eigenvalue weighted by Crippen LogP contribution is 2.46. The van der Waals surface area contributed by atoms with Crippen molar-refractivity contribution in [3.63, 3.8) is 0 Å². The summed E-state index contributed by atoms with van der Waals surface area (Å²) in [5.41, 5.74) is -3.56. The number of alkyl halides is 1. The molecule has 1 aliphatic heterocycles. The van der Waals surface area contributed by atoms with Gasteiger partial charge >= 0.3 is 5.69 Å². The topological polar surface area (TPSA) is 93.5 Å². The van der Waals surface area contributed by atoms with Crippen molar-refractivity contribution in [3.05, 3.63) is 33.1 Å². The van der Waals surface area contributed by atoms with E-state index in [2.05, 4.69) is 0 Å². The molecule has 0 saturated carbocycles. The average molecular weight is 360 g/mol. The molecule has 136 valence electrons. The Bertz CT molecular complexity index is 722. The summed E-state index contributed by atoms with van der Waals surface area (Å²) in [6.45, 7) is 11.1. The highest BCUT2D eigenvalue weighted by atomic mass is 28.4. The Balaban J connectivity index is 2.38. The minimum atomic E-state index is -2.38. The Hall–Kier alpha value is -1.29. The van der Waals surface area contributed by atoms with E-state index in [-0.39, 0.29) is 5.04 Å². The highest BCUT2D eigenvalue weighted by molar-refractivity contribution is 6.74. The van der Waals surface area contributed by atoms with Gasteiger partial charge < -0.3 is 14.3 Å². The molecule has 1 aliphatic rings. The normalized spacial score (nSPS) is 31.4. The summed E-state index contributed by atoms with van der Waals surface area (Å²) >= 11 is 0. The molecule has 1 aromatic heterocycles. The van der Waals surface area contributed by atoms with Gasteiger partial charge in [0.05, 0.1) is 0 Å². The van der Waals surface area contributed by atoms with Gasteiger partial charge in [-0.3, -0.25) is 14.3 Å². The number of nitrogens with zero attached hydrogens (tertiary/aromatic N) is 1. The van der Waals surface area contributed by atoms with Crippen LogP contribution in [0.3, 0.4) is 0 Å². The van der Waals surface area contributed by atoms with Gasteiger partial charge in [0, 0.05) is 12.3 Å². The summed E-state index contributed by atoms with van der Waals surface area (Å²) in [5.74, 6) is 0. The zero-order valence-electron chi connectivity index (χ0n) is 14.8. The first-order valence-electron chi connectivity index (χ1n) is 7.79. The molecule has 2 heterocycles. The molecule has 24 heavy (non-hydrogen) atoms. The highest BCUT2D eigenvalue weighted by Gasteiger charge is 2.58. The lowest BCUT2D eigenvalue weighted by atomic mass is 10.0. The van der Waals surface area contributed by atoms with Gasteiger partial charge in [0.1, 0.15) is 6.10 Å². The maximum absolute atomic E-state index is 15.4. The molecule has 4 atom stereocenters. The van der Waals surface area contributed by atoms with Crippen molar-refractivity contribution in [2.75, 3.05) is 0 Å². The molecule has 0 amide bonds. The number of hydrogen-bond donors (Lipinski definition) is 2. The van der Waals surface area contributed by atoms with Gasteiger partial charge in [-0.05, 0) is 25.1 Å². The molecule has 0 spiro atoms. The van der Waals surface area contributed by atoms with Gasteiger partial charge in [-0.1, -0.05) is 20.8 Å². The van der Waals surface area contributed by atoms with Gasteiger partial charge in [-0.25, -0.2) is 9.18 Å².